The number of nitrogens with two attached hydrogens (primary N) is 1. The van der Waals surface area contributed by atoms with Crippen LogP contribution in [0.4, 0.5) is 5.69 Å². The lowest BCUT2D eigenvalue weighted by Crippen LogP contribution is -2.39. The molecule has 100 valence electrons. The third kappa shape index (κ3) is 3.99. The molecule has 1 amide bonds. The van der Waals surface area contributed by atoms with Gasteiger partial charge in [0.1, 0.15) is 0 Å². The maximum Gasteiger partial charge on any atom is 0.251 e. The molecule has 18 heavy (non-hydrogen) atoms. The van der Waals surface area contributed by atoms with Crippen LogP contribution in [-0.4, -0.2) is 23.7 Å². The second kappa shape index (κ2) is 6.75. The van der Waals surface area contributed by atoms with Crippen molar-refractivity contribution in [1.82, 2.24) is 5.32 Å². The average Bonchev–Trinajstić information content (AvgIpc) is 2.31. The molecular formula is C13H19BrN2O2. The lowest BCUT2D eigenvalue weighted by Gasteiger charge is -2.21. The van der Waals surface area contributed by atoms with E-state index in [1.807, 2.05) is 13.8 Å². The molecule has 1 aromatic carbocycles. The summed E-state index contributed by atoms with van der Waals surface area (Å²) in [5, 5.41) is 11.9. The van der Waals surface area contributed by atoms with Crippen molar-refractivity contribution in [2.45, 2.75) is 26.3 Å². The van der Waals surface area contributed by atoms with E-state index in [4.69, 9.17) is 10.8 Å². The van der Waals surface area contributed by atoms with Crippen LogP contribution in [0.2, 0.25) is 0 Å². The minimum Gasteiger partial charge on any atom is -0.398 e. The molecule has 0 aliphatic carbocycles. The van der Waals surface area contributed by atoms with Crippen LogP contribution in [0.15, 0.2) is 22.7 Å². The van der Waals surface area contributed by atoms with Gasteiger partial charge in [0.15, 0.2) is 0 Å². The smallest absolute Gasteiger partial charge is 0.251 e. The van der Waals surface area contributed by atoms with Crippen molar-refractivity contribution in [3.8, 4) is 0 Å². The highest BCUT2D eigenvalue weighted by molar-refractivity contribution is 9.10. The van der Waals surface area contributed by atoms with Crippen LogP contribution in [0.25, 0.3) is 0 Å². The molecule has 4 N–H and O–H groups in total. The second-order valence-corrected chi connectivity index (χ2v) is 5.43. The van der Waals surface area contributed by atoms with Crippen molar-refractivity contribution in [1.29, 1.82) is 0 Å². The van der Waals surface area contributed by atoms with Crippen molar-refractivity contribution in [3.63, 3.8) is 0 Å². The van der Waals surface area contributed by atoms with Crippen LogP contribution in [0.3, 0.4) is 0 Å². The summed E-state index contributed by atoms with van der Waals surface area (Å²) in [6.45, 7) is 4.08. The predicted molar refractivity (Wildman–Crippen MR) is 76.3 cm³/mol. The Labute approximate surface area is 116 Å². The molecular weight excluding hydrogens is 296 g/mol. The Bertz CT molecular complexity index is 421. The third-order valence-corrected chi connectivity index (χ3v) is 3.54. The number of amides is 1. The molecule has 5 heteroatoms. The summed E-state index contributed by atoms with van der Waals surface area (Å²) in [5.41, 5.74) is 6.80. The summed E-state index contributed by atoms with van der Waals surface area (Å²) >= 11 is 3.29. The number of nitrogen functional groups attached to an aromatic ring is 1. The predicted octanol–water partition coefficient (Wildman–Crippen LogP) is 2.17. The Morgan fingerprint density at radius 3 is 2.67 bits per heavy atom. The van der Waals surface area contributed by atoms with E-state index in [9.17, 15) is 4.79 Å². The van der Waals surface area contributed by atoms with E-state index < -0.39 is 0 Å². The first-order chi connectivity index (χ1) is 8.45. The Hall–Kier alpha value is -1.07. The topological polar surface area (TPSA) is 75.3 Å². The zero-order chi connectivity index (χ0) is 13.7. The van der Waals surface area contributed by atoms with Crippen molar-refractivity contribution in [2.75, 3.05) is 12.3 Å². The second-order valence-electron chi connectivity index (χ2n) is 4.57. The first-order valence-corrected chi connectivity index (χ1v) is 6.71. The lowest BCUT2D eigenvalue weighted by atomic mass is 10.0. The van der Waals surface area contributed by atoms with Gasteiger partial charge in [-0.1, -0.05) is 13.8 Å². The molecule has 0 fully saturated rings. The number of aliphatic hydroxyl groups excluding tert-OH is 1. The summed E-state index contributed by atoms with van der Waals surface area (Å²) in [6.07, 6.45) is 0.551. The first kappa shape index (κ1) is 15.0. The highest BCUT2D eigenvalue weighted by Gasteiger charge is 2.17. The van der Waals surface area contributed by atoms with Gasteiger partial charge < -0.3 is 16.2 Å². The average molecular weight is 315 g/mol. The van der Waals surface area contributed by atoms with Gasteiger partial charge in [0.2, 0.25) is 0 Å². The van der Waals surface area contributed by atoms with Crippen LogP contribution in [0.5, 0.6) is 0 Å². The van der Waals surface area contributed by atoms with E-state index >= 15 is 0 Å². The van der Waals surface area contributed by atoms with E-state index in [1.54, 1.807) is 18.2 Å². The fourth-order valence-electron chi connectivity index (χ4n) is 1.65. The molecule has 0 bridgehead atoms. The van der Waals surface area contributed by atoms with Crippen LogP contribution < -0.4 is 11.1 Å². The highest BCUT2D eigenvalue weighted by atomic mass is 79.9. The number of nitrogens with one attached hydrogen (secondary N) is 1. The van der Waals surface area contributed by atoms with E-state index in [0.29, 0.717) is 17.7 Å². The summed E-state index contributed by atoms with van der Waals surface area (Å²) < 4.78 is 0.773. The van der Waals surface area contributed by atoms with E-state index in [2.05, 4.69) is 21.2 Å². The maximum absolute atomic E-state index is 12.0. The van der Waals surface area contributed by atoms with Crippen LogP contribution in [0, 0.1) is 5.92 Å². The van der Waals surface area contributed by atoms with Gasteiger partial charge in [0.05, 0.1) is 0 Å². The van der Waals surface area contributed by atoms with Gasteiger partial charge in [0.25, 0.3) is 5.91 Å². The number of aliphatic hydroxyl groups is 1. The molecule has 1 atom stereocenters. The zero-order valence-corrected chi connectivity index (χ0v) is 12.2. The summed E-state index contributed by atoms with van der Waals surface area (Å²) in [6, 6.07) is 5.06. The quantitative estimate of drug-likeness (QED) is 0.729. The fraction of sp³-hybridized carbons (Fsp3) is 0.462. The Balaban J connectivity index is 2.77. The lowest BCUT2D eigenvalue weighted by molar-refractivity contribution is 0.0916. The van der Waals surface area contributed by atoms with Crippen molar-refractivity contribution in [3.05, 3.63) is 28.2 Å². The highest BCUT2D eigenvalue weighted by Crippen LogP contribution is 2.20. The normalized spacial score (nSPS) is 12.5. The SMILES string of the molecule is CC(C)C(CCO)NC(=O)c1ccc(Br)c(N)c1. The minimum atomic E-state index is -0.165. The third-order valence-electron chi connectivity index (χ3n) is 2.82. The number of halogens is 1. The van der Waals surface area contributed by atoms with Gasteiger partial charge in [-0.05, 0) is 46.5 Å². The van der Waals surface area contributed by atoms with Gasteiger partial charge in [-0.25, -0.2) is 0 Å². The van der Waals surface area contributed by atoms with Crippen LogP contribution >= 0.6 is 15.9 Å². The molecule has 0 radical (unpaired) electrons. The Morgan fingerprint density at radius 2 is 2.17 bits per heavy atom. The standard InChI is InChI=1S/C13H19BrN2O2/c1-8(2)12(5-6-17)16-13(18)9-3-4-10(14)11(15)7-9/h3-4,7-8,12,17H,5-6,15H2,1-2H3,(H,16,18). The fourth-order valence-corrected chi connectivity index (χ4v) is 1.89. The Morgan fingerprint density at radius 1 is 1.50 bits per heavy atom. The van der Waals surface area contributed by atoms with Crippen molar-refractivity contribution < 1.29 is 9.90 Å². The van der Waals surface area contributed by atoms with Gasteiger partial charge in [-0.15, -0.1) is 0 Å². The minimum absolute atomic E-state index is 0.0348. The maximum atomic E-state index is 12.0. The molecule has 0 heterocycles. The Kier molecular flexibility index (Phi) is 5.62. The molecule has 1 aromatic rings. The zero-order valence-electron chi connectivity index (χ0n) is 10.6. The van der Waals surface area contributed by atoms with Gasteiger partial charge in [-0.2, -0.15) is 0 Å². The number of carbonyl (C=O) groups is 1. The molecule has 0 saturated carbocycles. The molecule has 0 saturated heterocycles. The van der Waals surface area contributed by atoms with E-state index in [-0.39, 0.29) is 24.5 Å². The first-order valence-electron chi connectivity index (χ1n) is 5.92. The number of benzene rings is 1. The van der Waals surface area contributed by atoms with Crippen LogP contribution in [0.1, 0.15) is 30.6 Å². The molecule has 0 aliphatic rings. The molecule has 4 nitrogen and oxygen atoms in total. The van der Waals surface area contributed by atoms with Crippen molar-refractivity contribution in [2.24, 2.45) is 5.92 Å². The number of hydrogen-bond acceptors (Lipinski definition) is 3. The number of carbonyl (C=O) groups excluding carboxylic acids is 1. The number of hydrogen-bond donors (Lipinski definition) is 3. The van der Waals surface area contributed by atoms with Gasteiger partial charge in [0, 0.05) is 28.4 Å². The summed E-state index contributed by atoms with van der Waals surface area (Å²) in [4.78, 5) is 12.0. The van der Waals surface area contributed by atoms with E-state index in [1.165, 1.54) is 0 Å². The monoisotopic (exact) mass is 314 g/mol. The molecule has 0 aliphatic heterocycles. The summed E-state index contributed by atoms with van der Waals surface area (Å²) in [7, 11) is 0. The number of anilines is 1. The van der Waals surface area contributed by atoms with E-state index in [0.717, 1.165) is 4.47 Å². The molecule has 1 rings (SSSR count). The largest absolute Gasteiger partial charge is 0.398 e. The molecule has 0 spiro atoms. The molecule has 1 unspecified atom stereocenters. The van der Waals surface area contributed by atoms with Gasteiger partial charge >= 0.3 is 0 Å². The van der Waals surface area contributed by atoms with Gasteiger partial charge in [-0.3, -0.25) is 4.79 Å². The summed E-state index contributed by atoms with van der Waals surface area (Å²) in [5.74, 6) is 0.107. The van der Waals surface area contributed by atoms with Crippen LogP contribution in [-0.2, 0) is 0 Å². The van der Waals surface area contributed by atoms with Crippen molar-refractivity contribution >= 4 is 27.5 Å². The molecule has 0 aromatic heterocycles. The number of rotatable bonds is 5.